The lowest BCUT2D eigenvalue weighted by molar-refractivity contribution is 0.278. The third-order valence-electron chi connectivity index (χ3n) is 11.4. The summed E-state index contributed by atoms with van der Waals surface area (Å²) >= 11 is 0. The van der Waals surface area contributed by atoms with Crippen LogP contribution in [0.3, 0.4) is 0 Å². The number of halogens is 4. The van der Waals surface area contributed by atoms with Crippen molar-refractivity contribution < 1.29 is 27.0 Å². The standard InChI is InChI=1S/C20H24F2N6O3.C17H21F2N5O3.C3H3N/c1-24-5-6-25-8-11-9-26(10-15(11)22)17-14(21)7-13-16(18(17)31-2)27(12-3-4-12)20(30)28(23)19(13)29;1-27-15-13-10(16(25)24(21)17(26)23(13)9-2-3-9)4-11(18)14(15)22-6-8(5-20)12(19)7-22;1-3-4-2/h7,11-12,15,25H,3-6,8-10,23H2,2H3;4,8-9,12H,2-3,5-7,20-21H2,1H3;3H,1H2/t11-,15+;8-,12+;/m00./s1. The summed E-state index contributed by atoms with van der Waals surface area (Å²) in [5, 5.41) is 2.95. The van der Waals surface area contributed by atoms with Crippen LogP contribution in [0.2, 0.25) is 0 Å². The van der Waals surface area contributed by atoms with Gasteiger partial charge in [0.1, 0.15) is 41.0 Å². The van der Waals surface area contributed by atoms with Gasteiger partial charge in [0.15, 0.2) is 23.1 Å². The first kappa shape index (κ1) is 45.0. The molecule has 62 heavy (non-hydrogen) atoms. The number of benzene rings is 2. The monoisotopic (exact) mass is 868 g/mol. The minimum absolute atomic E-state index is 0.0317. The molecular weight excluding hydrogens is 821 g/mol. The highest BCUT2D eigenvalue weighted by Crippen LogP contribution is 2.45. The van der Waals surface area contributed by atoms with Crippen molar-refractivity contribution in [1.29, 1.82) is 0 Å². The first-order valence-corrected chi connectivity index (χ1v) is 19.8. The summed E-state index contributed by atoms with van der Waals surface area (Å²) < 4.78 is 73.7. The van der Waals surface area contributed by atoms with E-state index in [1.165, 1.54) is 34.5 Å². The van der Waals surface area contributed by atoms with Crippen LogP contribution in [0.15, 0.2) is 44.1 Å². The highest BCUT2D eigenvalue weighted by molar-refractivity contribution is 5.92. The first-order valence-electron chi connectivity index (χ1n) is 19.8. The molecule has 2 aliphatic carbocycles. The Morgan fingerprint density at radius 1 is 0.790 bits per heavy atom. The topological polar surface area (TPSA) is 212 Å². The molecule has 2 aromatic heterocycles. The molecule has 2 saturated carbocycles. The molecule has 4 atom stereocenters. The molecule has 0 bridgehead atoms. The van der Waals surface area contributed by atoms with Gasteiger partial charge in [-0.2, -0.15) is 9.35 Å². The molecule has 4 heterocycles. The van der Waals surface area contributed by atoms with Gasteiger partial charge in [0.2, 0.25) is 6.54 Å². The smallest absolute Gasteiger partial charge is 0.350 e. The van der Waals surface area contributed by atoms with Gasteiger partial charge in [0.05, 0.1) is 38.1 Å². The van der Waals surface area contributed by atoms with E-state index < -0.39 is 58.3 Å². The van der Waals surface area contributed by atoms with E-state index in [1.807, 2.05) is 0 Å². The number of rotatable bonds is 11. The van der Waals surface area contributed by atoms with Crippen molar-refractivity contribution in [1.82, 2.24) is 23.8 Å². The Morgan fingerprint density at radius 3 is 1.56 bits per heavy atom. The van der Waals surface area contributed by atoms with E-state index in [-0.39, 0.29) is 89.5 Å². The van der Waals surface area contributed by atoms with Gasteiger partial charge in [-0.1, -0.05) is 0 Å². The summed E-state index contributed by atoms with van der Waals surface area (Å²) in [6.07, 6.45) is 1.72. The van der Waals surface area contributed by atoms with Gasteiger partial charge in [-0.3, -0.25) is 18.7 Å². The quantitative estimate of drug-likeness (QED) is 0.0736. The van der Waals surface area contributed by atoms with Gasteiger partial charge < -0.3 is 46.9 Å². The van der Waals surface area contributed by atoms with Gasteiger partial charge in [-0.25, -0.2) is 38.6 Å². The summed E-state index contributed by atoms with van der Waals surface area (Å²) in [5.74, 6) is 9.03. The summed E-state index contributed by atoms with van der Waals surface area (Å²) in [6, 6.07) is 1.81. The third-order valence-corrected chi connectivity index (χ3v) is 11.4. The molecule has 332 valence electrons. The summed E-state index contributed by atoms with van der Waals surface area (Å²) in [6.45, 7) is 17.5. The second-order valence-corrected chi connectivity index (χ2v) is 15.4. The van der Waals surface area contributed by atoms with Gasteiger partial charge in [-0.05, 0) is 44.4 Å². The van der Waals surface area contributed by atoms with E-state index in [0.29, 0.717) is 29.0 Å². The van der Waals surface area contributed by atoms with Gasteiger partial charge in [0, 0.05) is 56.6 Å². The first-order chi connectivity index (χ1) is 29.7. The molecule has 7 N–H and O–H groups in total. The fraction of sp³-hybridized carbons (Fsp3) is 0.500. The molecule has 0 radical (unpaired) electrons. The van der Waals surface area contributed by atoms with E-state index in [1.54, 1.807) is 4.90 Å². The van der Waals surface area contributed by atoms with Crippen LogP contribution in [0.5, 0.6) is 11.5 Å². The van der Waals surface area contributed by atoms with Crippen LogP contribution in [0.1, 0.15) is 37.8 Å². The summed E-state index contributed by atoms with van der Waals surface area (Å²) in [4.78, 5) is 59.4. The zero-order valence-corrected chi connectivity index (χ0v) is 34.2. The lowest BCUT2D eigenvalue weighted by Crippen LogP contribution is -2.44. The molecule has 4 aliphatic rings. The number of hydrogen-bond donors (Lipinski definition) is 4. The van der Waals surface area contributed by atoms with Crippen molar-refractivity contribution in [3.05, 3.63) is 101 Å². The number of nitrogens with two attached hydrogens (primary N) is 3. The number of fused-ring (bicyclic) bond motifs is 2. The normalized spacial score (nSPS) is 20.5. The minimum atomic E-state index is -1.21. The van der Waals surface area contributed by atoms with Gasteiger partial charge in [-0.15, -0.1) is 6.58 Å². The lowest BCUT2D eigenvalue weighted by atomic mass is 10.1. The maximum Gasteiger partial charge on any atom is 0.350 e. The van der Waals surface area contributed by atoms with Gasteiger partial charge in [0.25, 0.3) is 11.1 Å². The molecule has 18 nitrogen and oxygen atoms in total. The Morgan fingerprint density at radius 2 is 1.21 bits per heavy atom. The number of nitrogens with zero attached hydrogens (tertiary/aromatic N) is 8. The number of methoxy groups -OCH3 is 2. The summed E-state index contributed by atoms with van der Waals surface area (Å²) in [7, 11) is 2.66. The van der Waals surface area contributed by atoms with Crippen molar-refractivity contribution in [3.8, 4) is 11.5 Å². The molecule has 2 aromatic carbocycles. The number of aromatic nitrogens is 4. The third kappa shape index (κ3) is 8.39. The fourth-order valence-corrected chi connectivity index (χ4v) is 8.06. The zero-order valence-electron chi connectivity index (χ0n) is 34.2. The van der Waals surface area contributed by atoms with Crippen molar-refractivity contribution in [2.75, 3.05) is 88.1 Å². The zero-order chi connectivity index (χ0) is 45.2. The molecule has 0 amide bonds. The van der Waals surface area contributed by atoms with Crippen LogP contribution >= 0.6 is 0 Å². The van der Waals surface area contributed by atoms with Crippen molar-refractivity contribution in [2.45, 2.75) is 50.1 Å². The predicted octanol–water partition coefficient (Wildman–Crippen LogP) is 1.78. The number of anilines is 2. The molecule has 22 heteroatoms. The molecule has 4 fully saturated rings. The van der Waals surface area contributed by atoms with Crippen LogP contribution < -0.4 is 64.5 Å². The molecule has 2 saturated heterocycles. The molecular formula is C40H48F4N12O6. The molecule has 0 unspecified atom stereocenters. The number of nitrogen functional groups attached to an aromatic ring is 2. The van der Waals surface area contributed by atoms with Crippen LogP contribution in [0.4, 0.5) is 28.9 Å². The number of nitrogens with one attached hydrogen (secondary N) is 1. The Bertz CT molecular complexity index is 2700. The Balaban J connectivity index is 0.000000192. The average molecular weight is 869 g/mol. The van der Waals surface area contributed by atoms with Crippen molar-refractivity contribution in [2.24, 2.45) is 17.6 Å². The SMILES string of the molecule is COc1c(N2C[C@H](CN)[C@H](F)C2)c(F)cc2c(=O)n(N)c(=O)n(C3CC3)c12.[C-]#[N+]C=C.[C-]#[N+]CCNC[C@H]1CN(c2c(F)cc3c(=O)n(N)c(=O)n(C4CC4)c3c2OC)C[C@H]1F. The maximum atomic E-state index is 15.2. The fourth-order valence-electron chi connectivity index (χ4n) is 8.06. The number of ether oxygens (including phenoxy) is 2. The largest absolute Gasteiger partial charge is 0.492 e. The van der Waals surface area contributed by atoms with E-state index in [2.05, 4.69) is 21.6 Å². The van der Waals surface area contributed by atoms with Crippen LogP contribution in [-0.2, 0) is 0 Å². The highest BCUT2D eigenvalue weighted by atomic mass is 19.1. The number of hydrogen-bond acceptors (Lipinski definition) is 12. The Hall–Kier alpha value is -6.52. The molecule has 0 spiro atoms. The van der Waals surface area contributed by atoms with Crippen LogP contribution in [0, 0.1) is 36.6 Å². The Kier molecular flexibility index (Phi) is 13.5. The highest BCUT2D eigenvalue weighted by Gasteiger charge is 2.39. The predicted molar refractivity (Wildman–Crippen MR) is 226 cm³/mol. The summed E-state index contributed by atoms with van der Waals surface area (Å²) in [5.41, 5.74) is 3.05. The van der Waals surface area contributed by atoms with E-state index in [4.69, 9.17) is 40.0 Å². The van der Waals surface area contributed by atoms with Crippen LogP contribution in [0.25, 0.3) is 31.5 Å². The van der Waals surface area contributed by atoms with E-state index in [9.17, 15) is 32.3 Å². The minimum Gasteiger partial charge on any atom is -0.492 e. The second-order valence-electron chi connectivity index (χ2n) is 15.4. The molecule has 4 aromatic rings. The lowest BCUT2D eigenvalue weighted by Gasteiger charge is -2.24. The molecule has 2 aliphatic heterocycles. The number of alkyl halides is 2. The van der Waals surface area contributed by atoms with E-state index in [0.717, 1.165) is 37.8 Å². The second kappa shape index (κ2) is 18.6. The van der Waals surface area contributed by atoms with Crippen molar-refractivity contribution in [3.63, 3.8) is 0 Å². The van der Waals surface area contributed by atoms with Crippen molar-refractivity contribution >= 4 is 33.2 Å². The maximum absolute atomic E-state index is 15.2. The molecule has 8 rings (SSSR count). The van der Waals surface area contributed by atoms with Crippen LogP contribution in [-0.4, -0.2) is 97.4 Å². The average Bonchev–Trinajstić information content (AvgIpc) is 4.21. The van der Waals surface area contributed by atoms with Gasteiger partial charge >= 0.3 is 11.4 Å². The Labute approximate surface area is 351 Å². The van der Waals surface area contributed by atoms with E-state index >= 15 is 4.39 Å².